The summed E-state index contributed by atoms with van der Waals surface area (Å²) in [4.78, 5) is 16.8. The van der Waals surface area contributed by atoms with Crippen molar-refractivity contribution in [3.05, 3.63) is 94.2 Å². The Morgan fingerprint density at radius 1 is 1.18 bits per heavy atom. The fourth-order valence-electron chi connectivity index (χ4n) is 3.90. The van der Waals surface area contributed by atoms with Crippen LogP contribution in [0.1, 0.15) is 23.1 Å². The zero-order chi connectivity index (χ0) is 23.1. The standard InChI is InChI=1S/C25H23BrN3OS3.ClH/c1-4-29-22(14-21-28(11-12-31-21)15-17-7-5-6-8-18(17)26)33-23(24(29)30)25-27(3)19-13-16(2)9-10-20(19)32-25;/h5-14H,4,15H2,1-3H3;1H/q+1;/p-1/b25-23+;. The first-order valence-electron chi connectivity index (χ1n) is 10.6. The van der Waals surface area contributed by atoms with Gasteiger partial charge in [0.15, 0.2) is 12.7 Å². The summed E-state index contributed by atoms with van der Waals surface area (Å²) in [6.45, 7) is 5.55. The van der Waals surface area contributed by atoms with Gasteiger partial charge in [-0.15, -0.1) is 11.3 Å². The van der Waals surface area contributed by atoms with E-state index in [1.165, 1.54) is 21.7 Å². The van der Waals surface area contributed by atoms with E-state index in [0.717, 1.165) is 30.2 Å². The molecule has 0 saturated heterocycles. The Morgan fingerprint density at radius 3 is 2.74 bits per heavy atom. The largest absolute Gasteiger partial charge is 1.00 e. The Balaban J connectivity index is 0.00000274. The molecular weight excluding hydrogens is 570 g/mol. The summed E-state index contributed by atoms with van der Waals surface area (Å²) < 4.78 is 7.01. The molecule has 2 aromatic heterocycles. The van der Waals surface area contributed by atoms with Crippen molar-refractivity contribution in [2.75, 3.05) is 11.9 Å². The first-order chi connectivity index (χ1) is 16.0. The van der Waals surface area contributed by atoms with E-state index in [2.05, 4.69) is 93.4 Å². The zero-order valence-corrected chi connectivity index (χ0v) is 23.7. The van der Waals surface area contributed by atoms with Gasteiger partial charge in [-0.3, -0.25) is 9.36 Å². The number of rotatable bonds is 4. The van der Waals surface area contributed by atoms with Gasteiger partial charge in [0, 0.05) is 28.5 Å². The van der Waals surface area contributed by atoms with E-state index in [1.807, 2.05) is 17.6 Å². The van der Waals surface area contributed by atoms with Gasteiger partial charge in [-0.05, 0) is 37.6 Å². The van der Waals surface area contributed by atoms with Crippen LogP contribution >= 0.6 is 50.4 Å². The van der Waals surface area contributed by atoms with Crippen LogP contribution < -0.4 is 36.6 Å². The maximum Gasteiger partial charge on any atom is 0.271 e. The van der Waals surface area contributed by atoms with Crippen LogP contribution in [0, 0.1) is 6.92 Å². The third-order valence-electron chi connectivity index (χ3n) is 5.67. The maximum atomic E-state index is 13.4. The molecule has 176 valence electrons. The molecule has 0 unspecified atom stereocenters. The summed E-state index contributed by atoms with van der Waals surface area (Å²) >= 11 is 8.61. The average Bonchev–Trinajstić information content (AvgIpc) is 3.46. The van der Waals surface area contributed by atoms with E-state index in [9.17, 15) is 4.79 Å². The SMILES string of the molecule is CCn1c(=O)/c(=C2\Sc3ccc(C)cc3N2C)s/c1=C\c1scc[n+]1Cc1ccccc1Br.[Cl-]. The van der Waals surface area contributed by atoms with Crippen LogP contribution in [0.3, 0.4) is 0 Å². The Hall–Kier alpha value is -1.84. The van der Waals surface area contributed by atoms with Crippen molar-refractivity contribution < 1.29 is 17.0 Å². The molecule has 34 heavy (non-hydrogen) atoms. The van der Waals surface area contributed by atoms with Gasteiger partial charge < -0.3 is 17.3 Å². The van der Waals surface area contributed by atoms with Crippen LogP contribution in [-0.4, -0.2) is 11.6 Å². The Bertz CT molecular complexity index is 1540. The number of anilines is 1. The van der Waals surface area contributed by atoms with Crippen molar-refractivity contribution >= 4 is 67.2 Å². The highest BCUT2D eigenvalue weighted by atomic mass is 79.9. The van der Waals surface area contributed by atoms with E-state index >= 15 is 0 Å². The molecule has 0 N–H and O–H groups in total. The van der Waals surface area contributed by atoms with Gasteiger partial charge in [0.1, 0.15) is 14.2 Å². The molecule has 0 spiro atoms. The molecule has 5 rings (SSSR count). The molecule has 0 aliphatic carbocycles. The lowest BCUT2D eigenvalue weighted by Gasteiger charge is -2.12. The molecule has 9 heteroatoms. The highest BCUT2D eigenvalue weighted by Gasteiger charge is 2.25. The molecule has 0 atom stereocenters. The Kier molecular flexibility index (Phi) is 7.74. The highest BCUT2D eigenvalue weighted by Crippen LogP contribution is 2.45. The number of nitrogens with zero attached hydrogens (tertiary/aromatic N) is 3. The smallest absolute Gasteiger partial charge is 0.271 e. The number of aryl methyl sites for hydroxylation is 1. The molecule has 0 fully saturated rings. The fraction of sp³-hybridized carbons (Fsp3) is 0.200. The maximum absolute atomic E-state index is 13.4. The summed E-state index contributed by atoms with van der Waals surface area (Å²) in [7, 11) is 2.05. The minimum Gasteiger partial charge on any atom is -1.00 e. The van der Waals surface area contributed by atoms with E-state index < -0.39 is 0 Å². The number of benzene rings is 2. The summed E-state index contributed by atoms with van der Waals surface area (Å²) in [6, 6.07) is 14.7. The monoisotopic (exact) mass is 591 g/mol. The van der Waals surface area contributed by atoms with Gasteiger partial charge in [0.2, 0.25) is 0 Å². The van der Waals surface area contributed by atoms with Crippen molar-refractivity contribution in [2.45, 2.75) is 31.8 Å². The first-order valence-corrected chi connectivity index (χ1v) is 13.9. The molecule has 1 aliphatic rings. The number of fused-ring (bicyclic) bond motifs is 1. The van der Waals surface area contributed by atoms with E-state index in [-0.39, 0.29) is 18.0 Å². The van der Waals surface area contributed by atoms with Crippen molar-refractivity contribution in [3.8, 4) is 0 Å². The minimum absolute atomic E-state index is 0. The highest BCUT2D eigenvalue weighted by molar-refractivity contribution is 9.10. The number of thiazole rings is 2. The first kappa shape index (κ1) is 25.3. The van der Waals surface area contributed by atoms with Gasteiger partial charge in [-0.1, -0.05) is 63.3 Å². The summed E-state index contributed by atoms with van der Waals surface area (Å²) in [5.74, 6) is 0. The molecule has 4 nitrogen and oxygen atoms in total. The number of hydrogen-bond acceptors (Lipinski definition) is 5. The second-order valence-corrected chi connectivity index (χ2v) is 11.7. The lowest BCUT2D eigenvalue weighted by atomic mass is 10.2. The molecule has 1 aliphatic heterocycles. The normalized spacial score (nSPS) is 14.9. The van der Waals surface area contributed by atoms with Gasteiger partial charge in [0.05, 0.1) is 17.1 Å². The van der Waals surface area contributed by atoms with E-state index in [4.69, 9.17) is 0 Å². The minimum atomic E-state index is 0. The second kappa shape index (κ2) is 10.4. The quantitative estimate of drug-likeness (QED) is 0.337. The lowest BCUT2D eigenvalue weighted by Crippen LogP contribution is -3.00. The summed E-state index contributed by atoms with van der Waals surface area (Å²) in [5, 5.41) is 4.23. The number of hydrogen-bond donors (Lipinski definition) is 0. The van der Waals surface area contributed by atoms with E-state index in [1.54, 1.807) is 34.4 Å². The van der Waals surface area contributed by atoms with Gasteiger partial charge in [-0.2, -0.15) is 4.57 Å². The Labute approximate surface area is 225 Å². The van der Waals surface area contributed by atoms with Gasteiger partial charge in [-0.25, -0.2) is 0 Å². The van der Waals surface area contributed by atoms with Crippen LogP contribution in [0.25, 0.3) is 11.1 Å². The average molecular weight is 593 g/mol. The van der Waals surface area contributed by atoms with E-state index in [0.29, 0.717) is 6.54 Å². The predicted molar refractivity (Wildman–Crippen MR) is 144 cm³/mol. The predicted octanol–water partition coefficient (Wildman–Crippen LogP) is 1.54. The van der Waals surface area contributed by atoms with Crippen LogP contribution in [-0.2, 0) is 13.1 Å². The van der Waals surface area contributed by atoms with Crippen LogP contribution in [0.2, 0.25) is 0 Å². The fourth-order valence-corrected chi connectivity index (χ4v) is 7.61. The molecular formula is C25H23BrClN3OS3. The molecule has 2 aromatic carbocycles. The van der Waals surface area contributed by atoms with Crippen molar-refractivity contribution in [1.29, 1.82) is 0 Å². The van der Waals surface area contributed by atoms with Crippen molar-refractivity contribution in [3.63, 3.8) is 0 Å². The van der Waals surface area contributed by atoms with Crippen molar-refractivity contribution in [2.24, 2.45) is 0 Å². The molecule has 0 saturated carbocycles. The third kappa shape index (κ3) is 4.66. The van der Waals surface area contributed by atoms with Gasteiger partial charge >= 0.3 is 0 Å². The third-order valence-corrected chi connectivity index (χ3v) is 9.78. The topological polar surface area (TPSA) is 29.1 Å². The number of thioether (sulfide) groups is 1. The van der Waals surface area contributed by atoms with Crippen LogP contribution in [0.4, 0.5) is 5.69 Å². The van der Waals surface area contributed by atoms with Crippen LogP contribution in [0.15, 0.2) is 68.2 Å². The lowest BCUT2D eigenvalue weighted by molar-refractivity contribution is -0.685. The molecule has 0 amide bonds. The Morgan fingerprint density at radius 2 is 1.97 bits per heavy atom. The van der Waals surface area contributed by atoms with Gasteiger partial charge in [0.25, 0.3) is 10.6 Å². The number of aromatic nitrogens is 2. The molecule has 0 radical (unpaired) electrons. The van der Waals surface area contributed by atoms with Crippen molar-refractivity contribution in [1.82, 2.24) is 4.57 Å². The zero-order valence-electron chi connectivity index (χ0n) is 18.9. The molecule has 3 heterocycles. The summed E-state index contributed by atoms with van der Waals surface area (Å²) in [6.07, 6.45) is 4.26. The second-order valence-electron chi connectivity index (χ2n) is 7.86. The molecule has 0 bridgehead atoms. The summed E-state index contributed by atoms with van der Waals surface area (Å²) in [5.41, 5.74) is 3.70. The van der Waals surface area contributed by atoms with Crippen LogP contribution in [0.5, 0.6) is 0 Å². The number of halogens is 2. The molecule has 4 aromatic rings.